The highest BCUT2D eigenvalue weighted by molar-refractivity contribution is 7.09. The second-order valence-corrected chi connectivity index (χ2v) is 7.53. The Morgan fingerprint density at radius 2 is 2.35 bits per heavy atom. The molecule has 1 aliphatic carbocycles. The Bertz CT molecular complexity index is 401. The van der Waals surface area contributed by atoms with Crippen LogP contribution >= 0.6 is 11.3 Å². The molecule has 3 heteroatoms. The molecule has 1 aromatic rings. The molecule has 0 bridgehead atoms. The number of rotatable bonds is 8. The molecule has 2 heterocycles. The van der Waals surface area contributed by atoms with Crippen molar-refractivity contribution in [2.24, 2.45) is 11.3 Å². The van der Waals surface area contributed by atoms with Crippen molar-refractivity contribution in [3.05, 3.63) is 22.4 Å². The van der Waals surface area contributed by atoms with E-state index in [0.29, 0.717) is 11.5 Å². The van der Waals surface area contributed by atoms with E-state index in [-0.39, 0.29) is 0 Å². The first-order chi connectivity index (χ1) is 9.84. The standard InChI is InChI=1S/C17H27NOS/c1-2-10-18-13-17(8-7-15-4-3-12-20-15)9-11-19-16(17)14-5-6-14/h3-4,12,14,16,18H,2,5-11,13H2,1H3. The van der Waals surface area contributed by atoms with Crippen molar-refractivity contribution in [3.63, 3.8) is 0 Å². The first-order valence-corrected chi connectivity index (χ1v) is 9.07. The van der Waals surface area contributed by atoms with E-state index in [1.54, 1.807) is 0 Å². The van der Waals surface area contributed by atoms with Crippen LogP contribution < -0.4 is 5.32 Å². The summed E-state index contributed by atoms with van der Waals surface area (Å²) in [5.74, 6) is 0.851. The van der Waals surface area contributed by atoms with E-state index in [1.165, 1.54) is 43.4 Å². The summed E-state index contributed by atoms with van der Waals surface area (Å²) < 4.78 is 6.16. The van der Waals surface area contributed by atoms with Crippen LogP contribution in [-0.2, 0) is 11.2 Å². The number of ether oxygens (including phenoxy) is 1. The van der Waals surface area contributed by atoms with Crippen molar-refractivity contribution in [2.45, 2.75) is 51.6 Å². The van der Waals surface area contributed by atoms with Gasteiger partial charge in [0.1, 0.15) is 0 Å². The van der Waals surface area contributed by atoms with Gasteiger partial charge >= 0.3 is 0 Å². The Hall–Kier alpha value is -0.380. The second-order valence-electron chi connectivity index (χ2n) is 6.50. The maximum absolute atomic E-state index is 6.16. The molecule has 1 aromatic heterocycles. The van der Waals surface area contributed by atoms with E-state index in [1.807, 2.05) is 11.3 Å². The van der Waals surface area contributed by atoms with E-state index < -0.39 is 0 Å². The molecule has 20 heavy (non-hydrogen) atoms. The van der Waals surface area contributed by atoms with Gasteiger partial charge in [0.05, 0.1) is 6.10 Å². The fourth-order valence-corrected chi connectivity index (χ4v) is 4.34. The van der Waals surface area contributed by atoms with Crippen LogP contribution in [0.2, 0.25) is 0 Å². The summed E-state index contributed by atoms with van der Waals surface area (Å²) in [4.78, 5) is 1.53. The predicted octanol–water partition coefficient (Wildman–Crippen LogP) is 3.87. The highest BCUT2D eigenvalue weighted by Crippen LogP contribution is 2.49. The summed E-state index contributed by atoms with van der Waals surface area (Å²) in [6.45, 7) is 5.50. The quantitative estimate of drug-likeness (QED) is 0.735. The number of nitrogens with one attached hydrogen (secondary N) is 1. The van der Waals surface area contributed by atoms with Crippen LogP contribution in [0.15, 0.2) is 17.5 Å². The molecule has 2 unspecified atom stereocenters. The van der Waals surface area contributed by atoms with Crippen molar-refractivity contribution < 1.29 is 4.74 Å². The van der Waals surface area contributed by atoms with Crippen LogP contribution in [0.4, 0.5) is 0 Å². The molecule has 0 spiro atoms. The minimum atomic E-state index is 0.389. The summed E-state index contributed by atoms with van der Waals surface area (Å²) in [6, 6.07) is 4.45. The van der Waals surface area contributed by atoms with Crippen LogP contribution in [0.1, 0.15) is 43.9 Å². The van der Waals surface area contributed by atoms with Gasteiger partial charge in [0.15, 0.2) is 0 Å². The molecule has 2 fully saturated rings. The van der Waals surface area contributed by atoms with Crippen molar-refractivity contribution in [1.29, 1.82) is 0 Å². The molecule has 3 rings (SSSR count). The smallest absolute Gasteiger partial charge is 0.0672 e. The van der Waals surface area contributed by atoms with Gasteiger partial charge in [-0.2, -0.15) is 0 Å². The van der Waals surface area contributed by atoms with Gasteiger partial charge in [-0.15, -0.1) is 11.3 Å². The third-order valence-corrected chi connectivity index (χ3v) is 5.84. The third kappa shape index (κ3) is 3.26. The van der Waals surface area contributed by atoms with Gasteiger partial charge in [-0.3, -0.25) is 0 Å². The first kappa shape index (κ1) is 14.6. The Morgan fingerprint density at radius 3 is 3.05 bits per heavy atom. The van der Waals surface area contributed by atoms with E-state index >= 15 is 0 Å². The van der Waals surface area contributed by atoms with Crippen molar-refractivity contribution in [1.82, 2.24) is 5.32 Å². The topological polar surface area (TPSA) is 21.3 Å². The largest absolute Gasteiger partial charge is 0.377 e. The number of aryl methyl sites for hydroxylation is 1. The Balaban J connectivity index is 1.65. The molecular weight excluding hydrogens is 266 g/mol. The van der Waals surface area contributed by atoms with Crippen molar-refractivity contribution >= 4 is 11.3 Å². The minimum Gasteiger partial charge on any atom is -0.377 e. The van der Waals surface area contributed by atoms with E-state index in [2.05, 4.69) is 29.8 Å². The molecule has 2 aliphatic rings. The molecule has 112 valence electrons. The van der Waals surface area contributed by atoms with Crippen LogP contribution in [0.5, 0.6) is 0 Å². The maximum atomic E-state index is 6.16. The normalized spacial score (nSPS) is 29.9. The molecule has 2 nitrogen and oxygen atoms in total. The lowest BCUT2D eigenvalue weighted by molar-refractivity contribution is 0.0268. The summed E-state index contributed by atoms with van der Waals surface area (Å²) in [5.41, 5.74) is 0.389. The monoisotopic (exact) mass is 293 g/mol. The van der Waals surface area contributed by atoms with Crippen molar-refractivity contribution in [2.75, 3.05) is 19.7 Å². The van der Waals surface area contributed by atoms with Crippen LogP contribution in [0.3, 0.4) is 0 Å². The summed E-state index contributed by atoms with van der Waals surface area (Å²) >= 11 is 1.90. The van der Waals surface area contributed by atoms with Gasteiger partial charge < -0.3 is 10.1 Å². The van der Waals surface area contributed by atoms with Gasteiger partial charge in [-0.1, -0.05) is 13.0 Å². The van der Waals surface area contributed by atoms with Gasteiger partial charge in [0.25, 0.3) is 0 Å². The van der Waals surface area contributed by atoms with Crippen LogP contribution in [0.25, 0.3) is 0 Å². The molecule has 0 radical (unpaired) electrons. The summed E-state index contributed by atoms with van der Waals surface area (Å²) in [6.07, 6.45) is 8.26. The molecule has 1 N–H and O–H groups in total. The van der Waals surface area contributed by atoms with Crippen molar-refractivity contribution in [3.8, 4) is 0 Å². The summed E-state index contributed by atoms with van der Waals surface area (Å²) in [5, 5.41) is 5.88. The molecular formula is C17H27NOS. The van der Waals surface area contributed by atoms with Gasteiger partial charge in [0, 0.05) is 23.4 Å². The van der Waals surface area contributed by atoms with E-state index in [4.69, 9.17) is 4.74 Å². The van der Waals surface area contributed by atoms with E-state index in [9.17, 15) is 0 Å². The lowest BCUT2D eigenvalue weighted by atomic mass is 9.75. The number of thiophene rings is 1. The van der Waals surface area contributed by atoms with Gasteiger partial charge in [-0.05, 0) is 62.4 Å². The second kappa shape index (κ2) is 6.59. The van der Waals surface area contributed by atoms with Crippen LogP contribution in [0, 0.1) is 11.3 Å². The lowest BCUT2D eigenvalue weighted by Gasteiger charge is -2.35. The van der Waals surface area contributed by atoms with Gasteiger partial charge in [0.2, 0.25) is 0 Å². The minimum absolute atomic E-state index is 0.389. The Labute approximate surface area is 126 Å². The molecule has 0 aromatic carbocycles. The zero-order valence-corrected chi connectivity index (χ0v) is 13.4. The molecule has 2 atom stereocenters. The zero-order chi connectivity index (χ0) is 13.8. The SMILES string of the molecule is CCCNCC1(CCc2cccs2)CCOC1C1CC1. The number of hydrogen-bond acceptors (Lipinski definition) is 3. The average Bonchev–Trinajstić information content (AvgIpc) is 3.01. The highest BCUT2D eigenvalue weighted by atomic mass is 32.1. The Kier molecular flexibility index (Phi) is 4.79. The highest BCUT2D eigenvalue weighted by Gasteiger charge is 2.50. The fourth-order valence-electron chi connectivity index (χ4n) is 3.63. The number of hydrogen-bond donors (Lipinski definition) is 1. The zero-order valence-electron chi connectivity index (χ0n) is 12.6. The Morgan fingerprint density at radius 1 is 1.45 bits per heavy atom. The van der Waals surface area contributed by atoms with Crippen LogP contribution in [-0.4, -0.2) is 25.8 Å². The third-order valence-electron chi connectivity index (χ3n) is 4.90. The predicted molar refractivity (Wildman–Crippen MR) is 85.3 cm³/mol. The lowest BCUT2D eigenvalue weighted by Crippen LogP contribution is -2.42. The fraction of sp³-hybridized carbons (Fsp3) is 0.765. The molecule has 1 aliphatic heterocycles. The maximum Gasteiger partial charge on any atom is 0.0672 e. The van der Waals surface area contributed by atoms with E-state index in [0.717, 1.165) is 25.6 Å². The summed E-state index contributed by atoms with van der Waals surface area (Å²) in [7, 11) is 0. The first-order valence-electron chi connectivity index (χ1n) is 8.19. The average molecular weight is 293 g/mol. The molecule has 0 amide bonds. The molecule has 1 saturated heterocycles. The van der Waals surface area contributed by atoms with Gasteiger partial charge in [-0.25, -0.2) is 0 Å². The molecule has 1 saturated carbocycles.